The van der Waals surface area contributed by atoms with Crippen LogP contribution in [0.2, 0.25) is 0 Å². The lowest BCUT2D eigenvalue weighted by Crippen LogP contribution is -2.24. The highest BCUT2D eigenvalue weighted by Crippen LogP contribution is 2.16. The molecule has 3 heterocycles. The van der Waals surface area contributed by atoms with Gasteiger partial charge in [-0.3, -0.25) is 14.8 Å². The van der Waals surface area contributed by atoms with Crippen molar-refractivity contribution in [2.45, 2.75) is 0 Å². The molecule has 0 spiro atoms. The van der Waals surface area contributed by atoms with Gasteiger partial charge in [-0.1, -0.05) is 9.97 Å². The first-order valence-corrected chi connectivity index (χ1v) is 5.44. The molecule has 0 atom stereocenters. The third-order valence-electron chi connectivity index (χ3n) is 2.53. The molecule has 0 saturated carbocycles. The molecule has 0 unspecified atom stereocenters. The van der Waals surface area contributed by atoms with E-state index in [2.05, 4.69) is 29.9 Å². The molecule has 3 rings (SSSR count). The summed E-state index contributed by atoms with van der Waals surface area (Å²) in [5.41, 5.74) is -0.630. The Morgan fingerprint density at radius 3 is 2.95 bits per heavy atom. The van der Waals surface area contributed by atoms with E-state index < -0.39 is 17.1 Å². The zero-order valence-electron chi connectivity index (χ0n) is 9.84. The van der Waals surface area contributed by atoms with Crippen molar-refractivity contribution in [1.82, 2.24) is 24.9 Å². The van der Waals surface area contributed by atoms with Gasteiger partial charge in [-0.25, -0.2) is 14.8 Å². The van der Waals surface area contributed by atoms with Gasteiger partial charge < -0.3 is 10.1 Å². The van der Waals surface area contributed by atoms with Crippen molar-refractivity contribution in [3.05, 3.63) is 39.1 Å². The first kappa shape index (κ1) is 11.8. The molecule has 5 N–H and O–H groups in total. The molecule has 0 amide bonds. The first-order valence-electron chi connectivity index (χ1n) is 5.44. The standard InChI is InChI=1S/C10H7N7O3/c18-8-4(9(19)17-10(20)16-8)1-11-6-5-7(13-2-12-5)15-3-14-6/h1-3H,(H,12,13,14,15)(H3,16,17,18,19,20)/p+1. The van der Waals surface area contributed by atoms with Crippen molar-refractivity contribution in [3.8, 4) is 5.88 Å². The summed E-state index contributed by atoms with van der Waals surface area (Å²) in [6.45, 7) is 0. The Hall–Kier alpha value is -3.30. The van der Waals surface area contributed by atoms with Gasteiger partial charge >= 0.3 is 5.69 Å². The Bertz CT molecular complexity index is 920. The second-order valence-corrected chi connectivity index (χ2v) is 3.78. The van der Waals surface area contributed by atoms with Crippen molar-refractivity contribution in [1.29, 1.82) is 0 Å². The molecule has 0 radical (unpaired) electrons. The molecule has 0 aliphatic rings. The number of imidazole rings is 1. The molecule has 20 heavy (non-hydrogen) atoms. The van der Waals surface area contributed by atoms with Crippen molar-refractivity contribution in [2.24, 2.45) is 4.99 Å². The van der Waals surface area contributed by atoms with E-state index in [1.165, 1.54) is 12.7 Å². The van der Waals surface area contributed by atoms with Crippen LogP contribution in [0.4, 0.5) is 5.82 Å². The molecule has 0 aliphatic heterocycles. The van der Waals surface area contributed by atoms with Crippen molar-refractivity contribution >= 4 is 23.2 Å². The Balaban J connectivity index is 2.09. The van der Waals surface area contributed by atoms with E-state index >= 15 is 0 Å². The zero-order chi connectivity index (χ0) is 14.1. The summed E-state index contributed by atoms with van der Waals surface area (Å²) in [7, 11) is 0. The molecule has 3 aromatic rings. The van der Waals surface area contributed by atoms with E-state index in [1.807, 2.05) is 4.98 Å². The van der Waals surface area contributed by atoms with E-state index in [9.17, 15) is 14.7 Å². The SMILES string of the molecule is O=c1[nH]c(O)c(C=Nc2nc[nH+]c3nc[nH]c23)c(=O)[nH]1. The minimum absolute atomic E-state index is 0.174. The Kier molecular flexibility index (Phi) is 2.60. The predicted molar refractivity (Wildman–Crippen MR) is 67.0 cm³/mol. The highest BCUT2D eigenvalue weighted by molar-refractivity contribution is 5.87. The van der Waals surface area contributed by atoms with E-state index in [0.717, 1.165) is 6.21 Å². The lowest BCUT2D eigenvalue weighted by Gasteiger charge is -1.95. The summed E-state index contributed by atoms with van der Waals surface area (Å²) < 4.78 is 0. The fraction of sp³-hybridized carbons (Fsp3) is 0. The fourth-order valence-corrected chi connectivity index (χ4v) is 1.62. The molecule has 10 nitrogen and oxygen atoms in total. The van der Waals surface area contributed by atoms with Gasteiger partial charge in [0.2, 0.25) is 12.2 Å². The largest absolute Gasteiger partial charge is 0.494 e. The number of H-pyrrole nitrogens is 4. The second-order valence-electron chi connectivity index (χ2n) is 3.78. The maximum Gasteiger partial charge on any atom is 0.328 e. The smallest absolute Gasteiger partial charge is 0.328 e. The van der Waals surface area contributed by atoms with Gasteiger partial charge in [0, 0.05) is 6.21 Å². The molecular weight excluding hydrogens is 266 g/mol. The van der Waals surface area contributed by atoms with Gasteiger partial charge in [-0.15, -0.1) is 0 Å². The molecule has 0 bridgehead atoms. The number of nitrogens with zero attached hydrogens (tertiary/aromatic N) is 3. The molecule has 0 fully saturated rings. The molecule has 0 aliphatic carbocycles. The van der Waals surface area contributed by atoms with Gasteiger partial charge in [-0.2, -0.15) is 0 Å². The van der Waals surface area contributed by atoms with Crippen LogP contribution < -0.4 is 16.2 Å². The maximum atomic E-state index is 11.5. The van der Waals surface area contributed by atoms with Crippen LogP contribution in [0.25, 0.3) is 11.2 Å². The normalized spacial score (nSPS) is 11.4. The topological polar surface area (TPSA) is 154 Å². The lowest BCUT2D eigenvalue weighted by atomic mass is 10.3. The van der Waals surface area contributed by atoms with E-state index in [1.54, 1.807) is 0 Å². The number of hydrogen-bond acceptors (Lipinski definition) is 6. The lowest BCUT2D eigenvalue weighted by molar-refractivity contribution is -0.352. The number of hydrogen-bond donors (Lipinski definition) is 4. The second kappa shape index (κ2) is 4.42. The van der Waals surface area contributed by atoms with Gasteiger partial charge in [0.05, 0.1) is 0 Å². The third kappa shape index (κ3) is 1.94. The minimum atomic E-state index is -0.798. The van der Waals surface area contributed by atoms with Gasteiger partial charge in [0.1, 0.15) is 5.56 Å². The van der Waals surface area contributed by atoms with Crippen molar-refractivity contribution < 1.29 is 10.1 Å². The number of nitrogens with one attached hydrogen (secondary N) is 4. The molecule has 3 aromatic heterocycles. The summed E-state index contributed by atoms with van der Waals surface area (Å²) in [4.78, 5) is 44.1. The van der Waals surface area contributed by atoms with E-state index in [0.29, 0.717) is 11.2 Å². The average molecular weight is 274 g/mol. The van der Waals surface area contributed by atoms with Crippen LogP contribution in [0.1, 0.15) is 5.56 Å². The highest BCUT2D eigenvalue weighted by Gasteiger charge is 2.11. The van der Waals surface area contributed by atoms with Crippen LogP contribution in [0.5, 0.6) is 5.88 Å². The summed E-state index contributed by atoms with van der Waals surface area (Å²) in [5.74, 6) is -0.285. The predicted octanol–water partition coefficient (Wildman–Crippen LogP) is -1.40. The van der Waals surface area contributed by atoms with Crippen LogP contribution in [-0.2, 0) is 0 Å². The number of aromatic hydroxyl groups is 1. The maximum absolute atomic E-state index is 11.5. The summed E-state index contributed by atoms with van der Waals surface area (Å²) in [5, 5.41) is 9.51. The summed E-state index contributed by atoms with van der Waals surface area (Å²) in [6, 6.07) is 0. The van der Waals surface area contributed by atoms with Gasteiger partial charge in [0.25, 0.3) is 17.0 Å². The Labute approximate surface area is 109 Å². The van der Waals surface area contributed by atoms with Crippen LogP contribution in [0.3, 0.4) is 0 Å². The van der Waals surface area contributed by atoms with E-state index in [-0.39, 0.29) is 11.4 Å². The van der Waals surface area contributed by atoms with Gasteiger partial charge in [-0.05, 0) is 0 Å². The van der Waals surface area contributed by atoms with Crippen molar-refractivity contribution in [2.75, 3.05) is 0 Å². The van der Waals surface area contributed by atoms with Crippen LogP contribution in [0, 0.1) is 0 Å². The third-order valence-corrected chi connectivity index (χ3v) is 2.53. The number of aliphatic imine (C=N–C) groups is 1. The van der Waals surface area contributed by atoms with Crippen LogP contribution in [0.15, 0.2) is 27.2 Å². The number of rotatable bonds is 2. The fourth-order valence-electron chi connectivity index (χ4n) is 1.62. The van der Waals surface area contributed by atoms with E-state index in [4.69, 9.17) is 0 Å². The Morgan fingerprint density at radius 1 is 1.30 bits per heavy atom. The molecule has 10 heteroatoms. The quantitative estimate of drug-likeness (QED) is 0.423. The number of aromatic amines is 4. The van der Waals surface area contributed by atoms with Crippen molar-refractivity contribution in [3.63, 3.8) is 0 Å². The molecule has 0 aromatic carbocycles. The minimum Gasteiger partial charge on any atom is -0.494 e. The number of fused-ring (bicyclic) bond motifs is 1. The zero-order valence-corrected chi connectivity index (χ0v) is 9.84. The van der Waals surface area contributed by atoms with Gasteiger partial charge in [0.15, 0.2) is 11.8 Å². The molecule has 0 saturated heterocycles. The Morgan fingerprint density at radius 2 is 2.15 bits per heavy atom. The summed E-state index contributed by atoms with van der Waals surface area (Å²) in [6.07, 6.45) is 3.96. The monoisotopic (exact) mass is 274 g/mol. The molecular formula is C10H8N7O3+. The number of aromatic nitrogens is 6. The molecule has 100 valence electrons. The average Bonchev–Trinajstić information content (AvgIpc) is 2.86. The first-order chi connectivity index (χ1) is 9.65. The van der Waals surface area contributed by atoms with Crippen LogP contribution in [-0.4, -0.2) is 36.2 Å². The van der Waals surface area contributed by atoms with Crippen LogP contribution >= 0.6 is 0 Å². The summed E-state index contributed by atoms with van der Waals surface area (Å²) >= 11 is 0. The highest BCUT2D eigenvalue weighted by atomic mass is 16.3.